The van der Waals surface area contributed by atoms with Gasteiger partial charge in [-0.1, -0.05) is 12.1 Å². The van der Waals surface area contributed by atoms with E-state index in [0.29, 0.717) is 0 Å². The summed E-state index contributed by atoms with van der Waals surface area (Å²) in [6.07, 6.45) is 1.67. The Kier molecular flexibility index (Phi) is 5.45. The number of nitrogens with zero attached hydrogens (tertiary/aromatic N) is 3. The number of hydrogen-bond donors (Lipinski definition) is 0. The highest BCUT2D eigenvalue weighted by Gasteiger charge is 2.13. The van der Waals surface area contributed by atoms with Crippen LogP contribution in [-0.4, -0.2) is 41.7 Å². The number of rotatable bonds is 5. The van der Waals surface area contributed by atoms with Gasteiger partial charge in [-0.15, -0.1) is 11.8 Å². The van der Waals surface area contributed by atoms with Crippen LogP contribution in [0.4, 0.5) is 5.82 Å². The number of methoxy groups -OCH3 is 1. The highest BCUT2D eigenvalue weighted by Crippen LogP contribution is 2.26. The van der Waals surface area contributed by atoms with Crippen LogP contribution in [0.15, 0.2) is 41.7 Å². The van der Waals surface area contributed by atoms with Crippen LogP contribution in [0.2, 0.25) is 0 Å². The standard InChI is InChI=1S/C16H19N3OS2/c1-20-14-4-2-3-13(9-14)11-22-16-10-15(17-12-18-16)19-5-7-21-8-6-19/h2-4,9-10,12H,5-8,11H2,1H3. The molecule has 0 atom stereocenters. The first kappa shape index (κ1) is 15.5. The van der Waals surface area contributed by atoms with Crippen LogP contribution in [0.3, 0.4) is 0 Å². The molecular weight excluding hydrogens is 314 g/mol. The molecule has 1 aromatic heterocycles. The van der Waals surface area contributed by atoms with E-state index >= 15 is 0 Å². The molecule has 22 heavy (non-hydrogen) atoms. The molecule has 0 saturated carbocycles. The van der Waals surface area contributed by atoms with Gasteiger partial charge in [-0.2, -0.15) is 11.8 Å². The van der Waals surface area contributed by atoms with Crippen molar-refractivity contribution in [3.05, 3.63) is 42.2 Å². The van der Waals surface area contributed by atoms with Crippen molar-refractivity contribution in [2.24, 2.45) is 0 Å². The molecule has 2 aromatic rings. The van der Waals surface area contributed by atoms with E-state index in [1.807, 2.05) is 23.9 Å². The highest BCUT2D eigenvalue weighted by atomic mass is 32.2. The van der Waals surface area contributed by atoms with E-state index in [9.17, 15) is 0 Å². The van der Waals surface area contributed by atoms with Crippen molar-refractivity contribution < 1.29 is 4.74 Å². The fraction of sp³-hybridized carbons (Fsp3) is 0.375. The molecule has 0 spiro atoms. The topological polar surface area (TPSA) is 38.2 Å². The highest BCUT2D eigenvalue weighted by molar-refractivity contribution is 7.99. The lowest BCUT2D eigenvalue weighted by Crippen LogP contribution is -2.33. The van der Waals surface area contributed by atoms with Crippen LogP contribution < -0.4 is 9.64 Å². The summed E-state index contributed by atoms with van der Waals surface area (Å²) in [6.45, 7) is 2.14. The molecule has 1 aliphatic rings. The molecule has 0 bridgehead atoms. The molecule has 1 aliphatic heterocycles. The zero-order valence-electron chi connectivity index (χ0n) is 12.6. The van der Waals surface area contributed by atoms with Crippen LogP contribution in [0, 0.1) is 0 Å². The van der Waals surface area contributed by atoms with Gasteiger partial charge in [-0.25, -0.2) is 9.97 Å². The monoisotopic (exact) mass is 333 g/mol. The van der Waals surface area contributed by atoms with Gasteiger partial charge in [0.25, 0.3) is 0 Å². The molecule has 6 heteroatoms. The third kappa shape index (κ3) is 4.08. The van der Waals surface area contributed by atoms with Gasteiger partial charge >= 0.3 is 0 Å². The molecular formula is C16H19N3OS2. The molecule has 0 N–H and O–H groups in total. The van der Waals surface area contributed by atoms with Gasteiger partial charge in [0.1, 0.15) is 22.9 Å². The Labute approximate surface area is 139 Å². The van der Waals surface area contributed by atoms with Crippen LogP contribution in [0.5, 0.6) is 5.75 Å². The summed E-state index contributed by atoms with van der Waals surface area (Å²) in [5.41, 5.74) is 1.24. The van der Waals surface area contributed by atoms with Crippen molar-refractivity contribution in [1.29, 1.82) is 0 Å². The predicted octanol–water partition coefficient (Wildman–Crippen LogP) is 3.33. The molecule has 0 aliphatic carbocycles. The van der Waals surface area contributed by atoms with Crippen LogP contribution in [0.25, 0.3) is 0 Å². The van der Waals surface area contributed by atoms with Crippen molar-refractivity contribution in [3.8, 4) is 5.75 Å². The Morgan fingerprint density at radius 1 is 1.23 bits per heavy atom. The van der Waals surface area contributed by atoms with E-state index in [-0.39, 0.29) is 0 Å². The van der Waals surface area contributed by atoms with E-state index in [4.69, 9.17) is 4.74 Å². The largest absolute Gasteiger partial charge is 0.497 e. The summed E-state index contributed by atoms with van der Waals surface area (Å²) in [5.74, 6) is 5.17. The quantitative estimate of drug-likeness (QED) is 0.617. The Hall–Kier alpha value is -1.40. The van der Waals surface area contributed by atoms with E-state index in [1.54, 1.807) is 25.2 Å². The molecule has 116 valence electrons. The fourth-order valence-electron chi connectivity index (χ4n) is 2.29. The fourth-order valence-corrected chi connectivity index (χ4v) is 4.00. The molecule has 0 unspecified atom stereocenters. The molecule has 0 amide bonds. The molecule has 0 radical (unpaired) electrons. The van der Waals surface area contributed by atoms with Crippen molar-refractivity contribution in [3.63, 3.8) is 0 Å². The normalized spacial score (nSPS) is 14.9. The summed E-state index contributed by atoms with van der Waals surface area (Å²) >= 11 is 3.74. The van der Waals surface area contributed by atoms with Gasteiger partial charge in [0.15, 0.2) is 0 Å². The second-order valence-electron chi connectivity index (χ2n) is 4.95. The van der Waals surface area contributed by atoms with E-state index in [0.717, 1.165) is 35.4 Å². The summed E-state index contributed by atoms with van der Waals surface area (Å²) in [4.78, 5) is 11.1. The van der Waals surface area contributed by atoms with Gasteiger partial charge in [-0.3, -0.25) is 0 Å². The Morgan fingerprint density at radius 3 is 2.91 bits per heavy atom. The Morgan fingerprint density at radius 2 is 2.09 bits per heavy atom. The zero-order valence-corrected chi connectivity index (χ0v) is 14.2. The lowest BCUT2D eigenvalue weighted by Gasteiger charge is -2.27. The average molecular weight is 333 g/mol. The second-order valence-corrected chi connectivity index (χ2v) is 7.17. The number of aromatic nitrogens is 2. The maximum atomic E-state index is 5.26. The summed E-state index contributed by atoms with van der Waals surface area (Å²) in [6, 6.07) is 10.3. The second kappa shape index (κ2) is 7.74. The van der Waals surface area contributed by atoms with Gasteiger partial charge in [0, 0.05) is 36.4 Å². The SMILES string of the molecule is COc1cccc(CSc2cc(N3CCSCC3)ncn2)c1. The van der Waals surface area contributed by atoms with Crippen molar-refractivity contribution in [1.82, 2.24) is 9.97 Å². The molecule has 1 aromatic carbocycles. The van der Waals surface area contributed by atoms with Crippen molar-refractivity contribution in [2.45, 2.75) is 10.8 Å². The first-order valence-corrected chi connectivity index (χ1v) is 9.39. The van der Waals surface area contributed by atoms with Crippen molar-refractivity contribution >= 4 is 29.3 Å². The van der Waals surface area contributed by atoms with Crippen LogP contribution >= 0.6 is 23.5 Å². The first-order chi connectivity index (χ1) is 10.8. The number of benzene rings is 1. The number of hydrogen-bond acceptors (Lipinski definition) is 6. The lowest BCUT2D eigenvalue weighted by molar-refractivity contribution is 0.414. The predicted molar refractivity (Wildman–Crippen MR) is 94.1 cm³/mol. The Balaban J connectivity index is 1.64. The summed E-state index contributed by atoms with van der Waals surface area (Å²) in [7, 11) is 1.69. The smallest absolute Gasteiger partial charge is 0.133 e. The number of ether oxygens (including phenoxy) is 1. The maximum Gasteiger partial charge on any atom is 0.133 e. The maximum absolute atomic E-state index is 5.26. The zero-order chi connectivity index (χ0) is 15.2. The minimum Gasteiger partial charge on any atom is -0.497 e. The first-order valence-electron chi connectivity index (χ1n) is 7.25. The van der Waals surface area contributed by atoms with Crippen LogP contribution in [0.1, 0.15) is 5.56 Å². The summed E-state index contributed by atoms with van der Waals surface area (Å²) in [5, 5.41) is 1.02. The minimum absolute atomic E-state index is 0.878. The van der Waals surface area contributed by atoms with Gasteiger partial charge in [-0.05, 0) is 17.7 Å². The van der Waals surface area contributed by atoms with Crippen LogP contribution in [-0.2, 0) is 5.75 Å². The van der Waals surface area contributed by atoms with Gasteiger partial charge in [0.2, 0.25) is 0 Å². The lowest BCUT2D eigenvalue weighted by atomic mass is 10.2. The van der Waals surface area contributed by atoms with E-state index < -0.39 is 0 Å². The number of thioether (sulfide) groups is 2. The molecule has 1 saturated heterocycles. The third-order valence-corrected chi connectivity index (χ3v) is 5.42. The molecule has 1 fully saturated rings. The number of anilines is 1. The average Bonchev–Trinajstić information content (AvgIpc) is 2.61. The molecule has 4 nitrogen and oxygen atoms in total. The third-order valence-electron chi connectivity index (χ3n) is 3.48. The van der Waals surface area contributed by atoms with Gasteiger partial charge in [0.05, 0.1) is 7.11 Å². The minimum atomic E-state index is 0.878. The Bertz CT molecular complexity index is 618. The molecule has 3 rings (SSSR count). The molecule has 2 heterocycles. The van der Waals surface area contributed by atoms with Crippen molar-refractivity contribution in [2.75, 3.05) is 36.6 Å². The van der Waals surface area contributed by atoms with Gasteiger partial charge < -0.3 is 9.64 Å². The van der Waals surface area contributed by atoms with E-state index in [2.05, 4.69) is 33.1 Å². The summed E-state index contributed by atoms with van der Waals surface area (Å²) < 4.78 is 5.26. The van der Waals surface area contributed by atoms with E-state index in [1.165, 1.54) is 17.1 Å².